The summed E-state index contributed by atoms with van der Waals surface area (Å²) in [6, 6.07) is 13.5. The van der Waals surface area contributed by atoms with Gasteiger partial charge in [0.2, 0.25) is 11.4 Å². The molecule has 4 atom stereocenters. The van der Waals surface area contributed by atoms with Gasteiger partial charge in [-0.1, -0.05) is 54.1 Å². The highest BCUT2D eigenvalue weighted by atomic mass is 35.5. The van der Waals surface area contributed by atoms with E-state index in [1.165, 1.54) is 12.3 Å². The number of halogens is 4. The van der Waals surface area contributed by atoms with E-state index in [0.717, 1.165) is 31.4 Å². The van der Waals surface area contributed by atoms with Crippen molar-refractivity contribution in [3.63, 3.8) is 0 Å². The van der Waals surface area contributed by atoms with Crippen molar-refractivity contribution in [1.29, 1.82) is 0 Å². The van der Waals surface area contributed by atoms with Crippen LogP contribution >= 0.6 is 11.6 Å². The second kappa shape index (κ2) is 7.79. The van der Waals surface area contributed by atoms with Crippen LogP contribution in [0.4, 0.5) is 13.2 Å². The summed E-state index contributed by atoms with van der Waals surface area (Å²) in [7, 11) is 1.11. The number of hydrogen-bond donors (Lipinski definition) is 1. The molecular weight excluding hydrogens is 487 g/mol. The number of alkyl halides is 3. The molecule has 2 aliphatic rings. The Morgan fingerprint density at radius 1 is 1.14 bits per heavy atom. The number of benzene rings is 2. The molecule has 2 heterocycles. The van der Waals surface area contributed by atoms with Crippen LogP contribution in [0, 0.1) is 5.92 Å². The fourth-order valence-corrected chi connectivity index (χ4v) is 5.31. The number of hydrogen-bond acceptors (Lipinski definition) is 6. The van der Waals surface area contributed by atoms with Gasteiger partial charge in [0.15, 0.2) is 5.60 Å². The Bertz CT molecular complexity index is 1330. The number of nitrogens with zero attached hydrogens (tertiary/aromatic N) is 1. The van der Waals surface area contributed by atoms with Gasteiger partial charge < -0.3 is 14.6 Å². The van der Waals surface area contributed by atoms with E-state index in [1.807, 2.05) is 0 Å². The first kappa shape index (κ1) is 23.3. The molecule has 0 unspecified atom stereocenters. The smallest absolute Gasteiger partial charge is 0.416 e. The van der Waals surface area contributed by atoms with E-state index in [-0.39, 0.29) is 22.0 Å². The average Bonchev–Trinajstić information content (AvgIpc) is 2.97. The summed E-state index contributed by atoms with van der Waals surface area (Å²) in [6.07, 6.45) is -3.41. The van der Waals surface area contributed by atoms with E-state index in [0.29, 0.717) is 5.56 Å². The Labute approximate surface area is 202 Å². The quantitative estimate of drug-likeness (QED) is 0.534. The third kappa shape index (κ3) is 3.18. The molecule has 1 saturated carbocycles. The van der Waals surface area contributed by atoms with Gasteiger partial charge in [0.1, 0.15) is 17.4 Å². The number of carbonyl (C=O) groups excluding carboxylic acids is 2. The summed E-state index contributed by atoms with van der Waals surface area (Å²) in [4.78, 5) is 31.3. The summed E-state index contributed by atoms with van der Waals surface area (Å²) in [5.74, 6) is -4.59. The zero-order chi connectivity index (χ0) is 25.2. The molecule has 1 aliphatic heterocycles. The van der Waals surface area contributed by atoms with E-state index in [2.05, 4.69) is 4.98 Å². The Morgan fingerprint density at radius 2 is 1.80 bits per heavy atom. The van der Waals surface area contributed by atoms with E-state index in [9.17, 15) is 27.9 Å². The Balaban J connectivity index is 1.85. The molecule has 2 aromatic carbocycles. The van der Waals surface area contributed by atoms with E-state index in [4.69, 9.17) is 21.1 Å². The maximum absolute atomic E-state index is 14.1. The standard InChI is InChI=1S/C25H17ClF3NO5/c1-34-21(31)19-18(13-5-3-2-4-6-13)24(14-7-9-15(10-8-14)25(27,28)29)22(32)23(19,33)20-17(35-24)11-16(26)12-30-20/h2-12,18-19,33H,1H3/t18-,19-,23-,24+/m1/s1. The van der Waals surface area contributed by atoms with Crippen LogP contribution in [0.5, 0.6) is 5.75 Å². The predicted molar refractivity (Wildman–Crippen MR) is 117 cm³/mol. The van der Waals surface area contributed by atoms with Gasteiger partial charge in [0.25, 0.3) is 0 Å². The minimum Gasteiger partial charge on any atom is -0.472 e. The highest BCUT2D eigenvalue weighted by molar-refractivity contribution is 6.30. The second-order valence-electron chi connectivity index (χ2n) is 8.40. The molecule has 3 aromatic rings. The second-order valence-corrected chi connectivity index (χ2v) is 8.83. The zero-order valence-electron chi connectivity index (χ0n) is 18.0. The van der Waals surface area contributed by atoms with Crippen molar-refractivity contribution in [1.82, 2.24) is 4.98 Å². The molecule has 1 aromatic heterocycles. The van der Waals surface area contributed by atoms with Crippen molar-refractivity contribution >= 4 is 23.4 Å². The maximum Gasteiger partial charge on any atom is 0.416 e. The number of ketones is 1. The predicted octanol–water partition coefficient (Wildman–Crippen LogP) is 4.39. The monoisotopic (exact) mass is 503 g/mol. The first-order valence-electron chi connectivity index (χ1n) is 10.5. The number of pyridine rings is 1. The lowest BCUT2D eigenvalue weighted by atomic mass is 9.75. The molecular formula is C25H17ClF3NO5. The normalized spacial score (nSPS) is 27.2. The fourth-order valence-electron chi connectivity index (χ4n) is 5.16. The van der Waals surface area contributed by atoms with Crippen molar-refractivity contribution < 1.29 is 37.3 Å². The van der Waals surface area contributed by atoms with Gasteiger partial charge in [0.05, 0.1) is 23.6 Å². The number of ether oxygens (including phenoxy) is 2. The molecule has 10 heteroatoms. The first-order chi connectivity index (χ1) is 16.5. The summed E-state index contributed by atoms with van der Waals surface area (Å²) in [5.41, 5.74) is -5.25. The van der Waals surface area contributed by atoms with Gasteiger partial charge in [-0.3, -0.25) is 14.6 Å². The number of aliphatic hydroxyl groups is 1. The van der Waals surface area contributed by atoms with Crippen molar-refractivity contribution in [3.8, 4) is 5.75 Å². The molecule has 0 saturated heterocycles. The van der Waals surface area contributed by atoms with Crippen LogP contribution in [0.2, 0.25) is 5.02 Å². The van der Waals surface area contributed by atoms with Gasteiger partial charge in [-0.15, -0.1) is 0 Å². The van der Waals surface area contributed by atoms with E-state index >= 15 is 0 Å². The van der Waals surface area contributed by atoms with Crippen LogP contribution in [0.15, 0.2) is 66.9 Å². The van der Waals surface area contributed by atoms with Gasteiger partial charge in [-0.2, -0.15) is 13.2 Å². The molecule has 35 heavy (non-hydrogen) atoms. The zero-order valence-corrected chi connectivity index (χ0v) is 18.8. The number of Topliss-reactive ketones (excluding diaryl/α,β-unsaturated/α-hetero) is 1. The fraction of sp³-hybridized carbons (Fsp3) is 0.240. The molecule has 180 valence electrons. The van der Waals surface area contributed by atoms with Crippen LogP contribution in [0.3, 0.4) is 0 Å². The van der Waals surface area contributed by atoms with Crippen LogP contribution < -0.4 is 4.74 Å². The summed E-state index contributed by atoms with van der Waals surface area (Å²) in [5, 5.41) is 12.1. The molecule has 0 radical (unpaired) electrons. The van der Waals surface area contributed by atoms with Crippen molar-refractivity contribution in [2.24, 2.45) is 5.92 Å². The lowest BCUT2D eigenvalue weighted by Gasteiger charge is -2.39. The lowest BCUT2D eigenvalue weighted by Crippen LogP contribution is -2.51. The summed E-state index contributed by atoms with van der Waals surface area (Å²) >= 11 is 6.09. The van der Waals surface area contributed by atoms with Crippen molar-refractivity contribution in [2.45, 2.75) is 23.3 Å². The largest absolute Gasteiger partial charge is 0.472 e. The van der Waals surface area contributed by atoms with Crippen LogP contribution in [0.25, 0.3) is 0 Å². The third-order valence-electron chi connectivity index (χ3n) is 6.61. The van der Waals surface area contributed by atoms with Gasteiger partial charge in [-0.25, -0.2) is 0 Å². The molecule has 0 spiro atoms. The summed E-state index contributed by atoms with van der Waals surface area (Å²) < 4.78 is 51.0. The third-order valence-corrected chi connectivity index (χ3v) is 6.82. The van der Waals surface area contributed by atoms with Crippen LogP contribution in [-0.2, 0) is 31.7 Å². The van der Waals surface area contributed by atoms with Gasteiger partial charge in [0, 0.05) is 17.8 Å². The van der Waals surface area contributed by atoms with Crippen molar-refractivity contribution in [3.05, 3.63) is 94.3 Å². The van der Waals surface area contributed by atoms with Gasteiger partial charge >= 0.3 is 12.1 Å². The Morgan fingerprint density at radius 3 is 2.40 bits per heavy atom. The molecule has 5 rings (SSSR count). The molecule has 0 amide bonds. The minimum absolute atomic E-state index is 0.0276. The topological polar surface area (TPSA) is 85.7 Å². The molecule has 6 nitrogen and oxygen atoms in total. The Kier molecular flexibility index (Phi) is 5.19. The highest BCUT2D eigenvalue weighted by Crippen LogP contribution is 2.64. The average molecular weight is 504 g/mol. The molecule has 1 aliphatic carbocycles. The lowest BCUT2D eigenvalue weighted by molar-refractivity contribution is -0.163. The number of carbonyl (C=O) groups is 2. The number of esters is 1. The Hall–Kier alpha value is -3.43. The first-order valence-corrected chi connectivity index (χ1v) is 10.9. The summed E-state index contributed by atoms with van der Waals surface area (Å²) in [6.45, 7) is 0. The number of rotatable bonds is 3. The van der Waals surface area contributed by atoms with Crippen molar-refractivity contribution in [2.75, 3.05) is 7.11 Å². The minimum atomic E-state index is -4.61. The number of methoxy groups -OCH3 is 1. The molecule has 1 fully saturated rings. The SMILES string of the molecule is COC(=O)[C@H]1[C@@H](c2ccccc2)[C@]2(c3ccc(C(F)(F)F)cc3)Oc3cc(Cl)cnc3[C@@]1(O)C2=O. The number of aromatic nitrogens is 1. The molecule has 1 N–H and O–H groups in total. The number of fused-ring (bicyclic) bond motifs is 4. The van der Waals surface area contributed by atoms with Crippen LogP contribution in [0.1, 0.15) is 28.3 Å². The van der Waals surface area contributed by atoms with Crippen LogP contribution in [-0.4, -0.2) is 29.0 Å². The molecule has 2 bridgehead atoms. The van der Waals surface area contributed by atoms with E-state index < -0.39 is 46.5 Å². The van der Waals surface area contributed by atoms with E-state index in [1.54, 1.807) is 30.3 Å². The maximum atomic E-state index is 14.1. The van der Waals surface area contributed by atoms with Gasteiger partial charge in [-0.05, 0) is 17.7 Å². The highest BCUT2D eigenvalue weighted by Gasteiger charge is 2.77.